The third-order valence-electron chi connectivity index (χ3n) is 4.26. The van der Waals surface area contributed by atoms with Crippen LogP contribution in [0.15, 0.2) is 30.5 Å². The van der Waals surface area contributed by atoms with Gasteiger partial charge in [-0.25, -0.2) is 8.78 Å². The van der Waals surface area contributed by atoms with E-state index in [0.29, 0.717) is 19.3 Å². The molecular weight excluding hydrogens is 320 g/mol. The minimum absolute atomic E-state index is 0.143. The Hall–Kier alpha value is -2.77. The molecule has 1 aromatic heterocycles. The molecule has 126 valence electrons. The zero-order valence-electron chi connectivity index (χ0n) is 12.6. The zero-order chi connectivity index (χ0) is 17.3. The number of aromatic nitrogens is 2. The molecular formula is C16H15F2N3O3. The normalized spacial score (nSPS) is 15.6. The lowest BCUT2D eigenvalue weighted by Crippen LogP contribution is -2.47. The topological polar surface area (TPSA) is 84.2 Å². The number of nitrogens with zero attached hydrogens (tertiary/aromatic N) is 2. The second-order valence-corrected chi connectivity index (χ2v) is 5.78. The van der Waals surface area contributed by atoms with Gasteiger partial charge in [0.1, 0.15) is 18.2 Å². The number of nitrogens with one attached hydrogen (secondary N) is 1. The van der Waals surface area contributed by atoms with E-state index in [4.69, 9.17) is 5.11 Å². The van der Waals surface area contributed by atoms with Gasteiger partial charge in [-0.15, -0.1) is 0 Å². The van der Waals surface area contributed by atoms with Gasteiger partial charge in [-0.1, -0.05) is 12.5 Å². The molecule has 1 fully saturated rings. The maximum Gasteiger partial charge on any atom is 0.325 e. The number of carboxylic acids is 1. The molecule has 1 amide bonds. The van der Waals surface area contributed by atoms with Crippen LogP contribution in [-0.2, 0) is 21.5 Å². The molecule has 2 aromatic rings. The van der Waals surface area contributed by atoms with E-state index < -0.39 is 28.9 Å². The number of anilines is 1. The predicted molar refractivity (Wildman–Crippen MR) is 80.4 cm³/mol. The molecule has 0 radical (unpaired) electrons. The molecule has 1 aliphatic carbocycles. The number of carbonyl (C=O) groups is 2. The van der Waals surface area contributed by atoms with Gasteiger partial charge in [0.15, 0.2) is 5.82 Å². The van der Waals surface area contributed by atoms with Crippen LogP contribution in [0.5, 0.6) is 0 Å². The maximum atomic E-state index is 14.1. The van der Waals surface area contributed by atoms with E-state index in [1.807, 2.05) is 0 Å². The summed E-state index contributed by atoms with van der Waals surface area (Å²) in [7, 11) is 0. The second kappa shape index (κ2) is 6.03. The summed E-state index contributed by atoms with van der Waals surface area (Å²) in [5.74, 6) is -2.97. The van der Waals surface area contributed by atoms with Crippen molar-refractivity contribution in [2.45, 2.75) is 31.2 Å². The van der Waals surface area contributed by atoms with Gasteiger partial charge >= 0.3 is 5.97 Å². The number of hydrogen-bond donors (Lipinski definition) is 2. The summed E-state index contributed by atoms with van der Waals surface area (Å²) in [6.07, 6.45) is 2.77. The standard InChI is InChI=1S/C16H15F2N3O3/c17-10-3-1-4-11(18)14(10)16(6-2-7-16)15(24)19-12-5-8-21(20-12)9-13(22)23/h1,3-5,8H,2,6-7,9H2,(H,22,23)(H,19,20,24). The lowest BCUT2D eigenvalue weighted by atomic mass is 9.63. The van der Waals surface area contributed by atoms with Crippen molar-refractivity contribution in [3.63, 3.8) is 0 Å². The van der Waals surface area contributed by atoms with Crippen molar-refractivity contribution < 1.29 is 23.5 Å². The van der Waals surface area contributed by atoms with Gasteiger partial charge in [0.25, 0.3) is 0 Å². The third kappa shape index (κ3) is 2.75. The molecule has 0 unspecified atom stereocenters. The predicted octanol–water partition coefficient (Wildman–Crippen LogP) is 2.31. The van der Waals surface area contributed by atoms with Crippen molar-refractivity contribution in [3.05, 3.63) is 47.7 Å². The molecule has 24 heavy (non-hydrogen) atoms. The average Bonchev–Trinajstić information content (AvgIpc) is 2.87. The summed E-state index contributed by atoms with van der Waals surface area (Å²) in [4.78, 5) is 23.3. The molecule has 1 saturated carbocycles. The van der Waals surface area contributed by atoms with Gasteiger partial charge < -0.3 is 10.4 Å². The lowest BCUT2D eigenvalue weighted by molar-refractivity contribution is -0.137. The van der Waals surface area contributed by atoms with Crippen molar-refractivity contribution >= 4 is 17.7 Å². The monoisotopic (exact) mass is 335 g/mol. The van der Waals surface area contributed by atoms with Crippen LogP contribution < -0.4 is 5.32 Å². The summed E-state index contributed by atoms with van der Waals surface area (Å²) in [5, 5.41) is 15.2. The van der Waals surface area contributed by atoms with Crippen LogP contribution in [0.2, 0.25) is 0 Å². The third-order valence-corrected chi connectivity index (χ3v) is 4.26. The van der Waals surface area contributed by atoms with E-state index in [9.17, 15) is 18.4 Å². The Morgan fingerprint density at radius 3 is 2.46 bits per heavy atom. The number of rotatable bonds is 5. The van der Waals surface area contributed by atoms with E-state index in [1.165, 1.54) is 18.3 Å². The largest absolute Gasteiger partial charge is 0.480 e. The first-order valence-corrected chi connectivity index (χ1v) is 7.43. The van der Waals surface area contributed by atoms with Crippen LogP contribution in [0.1, 0.15) is 24.8 Å². The summed E-state index contributed by atoms with van der Waals surface area (Å²) in [5.41, 5.74) is -1.48. The fourth-order valence-corrected chi connectivity index (χ4v) is 2.97. The van der Waals surface area contributed by atoms with E-state index >= 15 is 0 Å². The number of carbonyl (C=O) groups excluding carboxylic acids is 1. The van der Waals surface area contributed by atoms with E-state index in [0.717, 1.165) is 16.8 Å². The Balaban J connectivity index is 1.85. The van der Waals surface area contributed by atoms with Crippen molar-refractivity contribution in [2.75, 3.05) is 5.32 Å². The Labute approximate surface area is 136 Å². The second-order valence-electron chi connectivity index (χ2n) is 5.78. The molecule has 8 heteroatoms. The van der Waals surface area contributed by atoms with Crippen LogP contribution in [0, 0.1) is 11.6 Å². The van der Waals surface area contributed by atoms with Crippen LogP contribution >= 0.6 is 0 Å². The van der Waals surface area contributed by atoms with Gasteiger partial charge in [0.05, 0.1) is 5.41 Å². The minimum atomic E-state index is -1.26. The Bertz CT molecular complexity index is 779. The number of hydrogen-bond acceptors (Lipinski definition) is 3. The zero-order valence-corrected chi connectivity index (χ0v) is 12.6. The Kier molecular flexibility index (Phi) is 4.04. The quantitative estimate of drug-likeness (QED) is 0.878. The van der Waals surface area contributed by atoms with Crippen LogP contribution in [-0.4, -0.2) is 26.8 Å². The lowest BCUT2D eigenvalue weighted by Gasteiger charge is -2.40. The van der Waals surface area contributed by atoms with Crippen molar-refractivity contribution in [2.24, 2.45) is 0 Å². The van der Waals surface area contributed by atoms with Gasteiger partial charge in [-0.3, -0.25) is 14.3 Å². The summed E-state index contributed by atoms with van der Waals surface area (Å²) in [6.45, 7) is -0.344. The van der Waals surface area contributed by atoms with E-state index in [-0.39, 0.29) is 17.9 Å². The molecule has 6 nitrogen and oxygen atoms in total. The number of carboxylic acid groups (broad SMARTS) is 1. The first-order chi connectivity index (χ1) is 11.4. The van der Waals surface area contributed by atoms with E-state index in [1.54, 1.807) is 0 Å². The molecule has 0 spiro atoms. The van der Waals surface area contributed by atoms with Gasteiger partial charge in [0.2, 0.25) is 5.91 Å². The van der Waals surface area contributed by atoms with Gasteiger partial charge in [-0.05, 0) is 25.0 Å². The first kappa shape index (κ1) is 16.1. The Morgan fingerprint density at radius 2 is 1.92 bits per heavy atom. The number of benzene rings is 1. The molecule has 1 aliphatic rings. The van der Waals surface area contributed by atoms with Crippen molar-refractivity contribution in [3.8, 4) is 0 Å². The van der Waals surface area contributed by atoms with Crippen LogP contribution in [0.3, 0.4) is 0 Å². The number of amides is 1. The van der Waals surface area contributed by atoms with Crippen molar-refractivity contribution in [1.82, 2.24) is 9.78 Å². The highest BCUT2D eigenvalue weighted by Gasteiger charge is 2.49. The molecule has 1 aromatic carbocycles. The fraction of sp³-hybridized carbons (Fsp3) is 0.312. The SMILES string of the molecule is O=C(O)Cn1ccc(NC(=O)C2(c3c(F)cccc3F)CCC2)n1. The van der Waals surface area contributed by atoms with E-state index in [2.05, 4.69) is 10.4 Å². The van der Waals surface area contributed by atoms with Gasteiger partial charge in [-0.2, -0.15) is 5.10 Å². The van der Waals surface area contributed by atoms with Crippen molar-refractivity contribution in [1.29, 1.82) is 0 Å². The maximum absolute atomic E-state index is 14.1. The number of halogens is 2. The summed E-state index contributed by atoms with van der Waals surface area (Å²) in [6, 6.07) is 4.96. The smallest absolute Gasteiger partial charge is 0.325 e. The molecule has 3 rings (SSSR count). The highest BCUT2D eigenvalue weighted by Crippen LogP contribution is 2.46. The molecule has 0 bridgehead atoms. The molecule has 0 saturated heterocycles. The highest BCUT2D eigenvalue weighted by atomic mass is 19.1. The summed E-state index contributed by atoms with van der Waals surface area (Å²) < 4.78 is 29.4. The highest BCUT2D eigenvalue weighted by molar-refractivity contribution is 5.99. The van der Waals surface area contributed by atoms with Crippen LogP contribution in [0.4, 0.5) is 14.6 Å². The minimum Gasteiger partial charge on any atom is -0.480 e. The molecule has 0 aliphatic heterocycles. The molecule has 0 atom stereocenters. The summed E-state index contributed by atoms with van der Waals surface area (Å²) >= 11 is 0. The van der Waals surface area contributed by atoms with Crippen LogP contribution in [0.25, 0.3) is 0 Å². The molecule has 2 N–H and O–H groups in total. The van der Waals surface area contributed by atoms with Gasteiger partial charge in [0, 0.05) is 17.8 Å². The fourth-order valence-electron chi connectivity index (χ4n) is 2.97. The first-order valence-electron chi connectivity index (χ1n) is 7.43. The Morgan fingerprint density at radius 1 is 1.25 bits per heavy atom. The average molecular weight is 335 g/mol. The molecule has 1 heterocycles. The number of aliphatic carboxylic acids is 1.